The lowest BCUT2D eigenvalue weighted by molar-refractivity contribution is -0.384. The third-order valence-corrected chi connectivity index (χ3v) is 6.21. The van der Waals surface area contributed by atoms with Crippen LogP contribution in [0.3, 0.4) is 0 Å². The van der Waals surface area contributed by atoms with Crippen molar-refractivity contribution in [3.63, 3.8) is 0 Å². The van der Waals surface area contributed by atoms with Gasteiger partial charge in [-0.25, -0.2) is 8.42 Å². The molecule has 0 bridgehead atoms. The summed E-state index contributed by atoms with van der Waals surface area (Å²) in [5.41, 5.74) is -0.145. The van der Waals surface area contributed by atoms with Gasteiger partial charge >= 0.3 is 0 Å². The normalized spacial score (nSPS) is 11.5. The topological polar surface area (TPSA) is 80.5 Å². The summed E-state index contributed by atoms with van der Waals surface area (Å²) in [5, 5.41) is 12.9. The van der Waals surface area contributed by atoms with Gasteiger partial charge in [-0.05, 0) is 35.9 Å². The van der Waals surface area contributed by atoms with Gasteiger partial charge in [0.1, 0.15) is 0 Å². The molecule has 3 aromatic carbocycles. The zero-order chi connectivity index (χ0) is 18.9. The molecule has 3 aromatic rings. The van der Waals surface area contributed by atoms with Crippen molar-refractivity contribution < 1.29 is 13.3 Å². The van der Waals surface area contributed by atoms with E-state index >= 15 is 0 Å². The Morgan fingerprint density at radius 1 is 1.04 bits per heavy atom. The van der Waals surface area contributed by atoms with Crippen LogP contribution in [0.2, 0.25) is 5.02 Å². The zero-order valence-electron chi connectivity index (χ0n) is 13.8. The minimum atomic E-state index is -3.93. The molecule has 0 atom stereocenters. The van der Waals surface area contributed by atoms with E-state index in [1.165, 1.54) is 24.3 Å². The third kappa shape index (κ3) is 3.23. The molecule has 0 heterocycles. The molecule has 26 heavy (non-hydrogen) atoms. The SMILES string of the molecule is CCN(c1cc([N+](=O)[O-])ccc1Cl)S(=O)(=O)c1ccc2ccccc2c1. The van der Waals surface area contributed by atoms with E-state index in [1.54, 1.807) is 19.1 Å². The first-order valence-electron chi connectivity index (χ1n) is 7.80. The molecule has 0 spiro atoms. The molecule has 0 saturated heterocycles. The number of hydrogen-bond donors (Lipinski definition) is 0. The van der Waals surface area contributed by atoms with Crippen LogP contribution in [-0.2, 0) is 10.0 Å². The van der Waals surface area contributed by atoms with Gasteiger partial charge in [0.2, 0.25) is 0 Å². The molecule has 0 aliphatic carbocycles. The van der Waals surface area contributed by atoms with E-state index in [4.69, 9.17) is 11.6 Å². The molecule has 0 saturated carbocycles. The number of nitrogens with zero attached hydrogens (tertiary/aromatic N) is 2. The van der Waals surface area contributed by atoms with Crippen LogP contribution in [0.5, 0.6) is 0 Å². The van der Waals surface area contributed by atoms with Gasteiger partial charge in [0.05, 0.1) is 20.5 Å². The molecular formula is C18H15ClN2O4S. The fourth-order valence-electron chi connectivity index (χ4n) is 2.73. The van der Waals surface area contributed by atoms with E-state index in [-0.39, 0.29) is 27.8 Å². The van der Waals surface area contributed by atoms with Gasteiger partial charge in [-0.2, -0.15) is 0 Å². The molecular weight excluding hydrogens is 376 g/mol. The van der Waals surface area contributed by atoms with Crippen LogP contribution >= 0.6 is 11.6 Å². The number of fused-ring (bicyclic) bond motifs is 1. The molecule has 0 aliphatic rings. The summed E-state index contributed by atoms with van der Waals surface area (Å²) in [6.07, 6.45) is 0. The Bertz CT molecular complexity index is 1100. The summed E-state index contributed by atoms with van der Waals surface area (Å²) in [6.45, 7) is 1.73. The fraction of sp³-hybridized carbons (Fsp3) is 0.111. The number of nitro groups is 1. The van der Waals surface area contributed by atoms with E-state index in [0.717, 1.165) is 15.1 Å². The second-order valence-corrected chi connectivity index (χ2v) is 7.84. The highest BCUT2D eigenvalue weighted by atomic mass is 35.5. The Labute approximate surface area is 155 Å². The summed E-state index contributed by atoms with van der Waals surface area (Å²) in [7, 11) is -3.93. The van der Waals surface area contributed by atoms with Crippen molar-refractivity contribution >= 4 is 43.8 Å². The zero-order valence-corrected chi connectivity index (χ0v) is 15.4. The van der Waals surface area contributed by atoms with Crippen LogP contribution in [0, 0.1) is 10.1 Å². The van der Waals surface area contributed by atoms with Gasteiger partial charge in [-0.15, -0.1) is 0 Å². The van der Waals surface area contributed by atoms with Crippen molar-refractivity contribution in [1.29, 1.82) is 0 Å². The summed E-state index contributed by atoms with van der Waals surface area (Å²) in [6, 6.07) is 16.0. The Kier molecular flexibility index (Phi) is 4.84. The lowest BCUT2D eigenvalue weighted by Gasteiger charge is -2.24. The maximum absolute atomic E-state index is 13.1. The Balaban J connectivity index is 2.14. The van der Waals surface area contributed by atoms with Crippen molar-refractivity contribution in [1.82, 2.24) is 0 Å². The van der Waals surface area contributed by atoms with Crippen LogP contribution in [-0.4, -0.2) is 19.9 Å². The molecule has 3 rings (SSSR count). The highest BCUT2D eigenvalue weighted by molar-refractivity contribution is 7.92. The number of sulfonamides is 1. The van der Waals surface area contributed by atoms with Crippen LogP contribution < -0.4 is 4.31 Å². The van der Waals surface area contributed by atoms with E-state index in [1.807, 2.05) is 24.3 Å². The molecule has 8 heteroatoms. The average molecular weight is 391 g/mol. The predicted octanol–water partition coefficient (Wildman–Crippen LogP) is 4.62. The van der Waals surface area contributed by atoms with Gasteiger partial charge < -0.3 is 0 Å². The number of non-ortho nitro benzene ring substituents is 1. The molecule has 0 amide bonds. The summed E-state index contributed by atoms with van der Waals surface area (Å²) in [4.78, 5) is 10.5. The van der Waals surface area contributed by atoms with Crippen molar-refractivity contribution in [2.24, 2.45) is 0 Å². The number of nitro benzene ring substituents is 1. The van der Waals surface area contributed by atoms with Crippen molar-refractivity contribution in [3.8, 4) is 0 Å². The van der Waals surface area contributed by atoms with Crippen LogP contribution in [0.1, 0.15) is 6.92 Å². The van der Waals surface area contributed by atoms with Gasteiger partial charge in [-0.3, -0.25) is 14.4 Å². The lowest BCUT2D eigenvalue weighted by Crippen LogP contribution is -2.31. The fourth-order valence-corrected chi connectivity index (χ4v) is 4.52. The molecule has 0 N–H and O–H groups in total. The molecule has 6 nitrogen and oxygen atoms in total. The largest absolute Gasteiger partial charge is 0.271 e. The third-order valence-electron chi connectivity index (χ3n) is 4.01. The first-order valence-corrected chi connectivity index (χ1v) is 9.62. The highest BCUT2D eigenvalue weighted by Crippen LogP contribution is 2.34. The molecule has 0 aromatic heterocycles. The van der Waals surface area contributed by atoms with E-state index < -0.39 is 14.9 Å². The molecule has 0 fully saturated rings. The van der Waals surface area contributed by atoms with Gasteiger partial charge in [0.15, 0.2) is 0 Å². The second-order valence-electron chi connectivity index (χ2n) is 5.57. The quantitative estimate of drug-likeness (QED) is 0.470. The summed E-state index contributed by atoms with van der Waals surface area (Å²) < 4.78 is 27.4. The number of rotatable bonds is 5. The number of anilines is 1. The maximum atomic E-state index is 13.1. The van der Waals surface area contributed by atoms with Gasteiger partial charge in [0, 0.05) is 18.7 Å². The second kappa shape index (κ2) is 6.93. The first-order chi connectivity index (χ1) is 12.3. The molecule has 134 valence electrons. The van der Waals surface area contributed by atoms with Gasteiger partial charge in [0.25, 0.3) is 15.7 Å². The Morgan fingerprint density at radius 3 is 2.38 bits per heavy atom. The van der Waals surface area contributed by atoms with E-state index in [2.05, 4.69) is 0 Å². The minimum absolute atomic E-state index is 0.0794. The van der Waals surface area contributed by atoms with Crippen molar-refractivity contribution in [3.05, 3.63) is 75.8 Å². The molecule has 0 unspecified atom stereocenters. The smallest absolute Gasteiger partial charge is 0.265 e. The van der Waals surface area contributed by atoms with Crippen LogP contribution in [0.4, 0.5) is 11.4 Å². The molecule has 0 aliphatic heterocycles. The van der Waals surface area contributed by atoms with E-state index in [9.17, 15) is 18.5 Å². The van der Waals surface area contributed by atoms with Gasteiger partial charge in [-0.1, -0.05) is 41.9 Å². The Hall–Kier alpha value is -2.64. The first kappa shape index (κ1) is 18.2. The highest BCUT2D eigenvalue weighted by Gasteiger charge is 2.27. The standard InChI is InChI=1S/C18H15ClN2O4S/c1-2-20(18-12-15(21(22)23)8-10-17(18)19)26(24,25)16-9-7-13-5-3-4-6-14(13)11-16/h3-12H,2H2,1H3. The summed E-state index contributed by atoms with van der Waals surface area (Å²) >= 11 is 6.13. The monoisotopic (exact) mass is 390 g/mol. The van der Waals surface area contributed by atoms with Crippen molar-refractivity contribution in [2.75, 3.05) is 10.8 Å². The minimum Gasteiger partial charge on any atom is -0.265 e. The average Bonchev–Trinajstić information content (AvgIpc) is 2.63. The number of hydrogen-bond acceptors (Lipinski definition) is 4. The van der Waals surface area contributed by atoms with Crippen LogP contribution in [0.25, 0.3) is 10.8 Å². The maximum Gasteiger partial charge on any atom is 0.271 e. The van der Waals surface area contributed by atoms with E-state index in [0.29, 0.717) is 0 Å². The number of benzene rings is 3. The Morgan fingerprint density at radius 2 is 1.73 bits per heavy atom. The molecule has 0 radical (unpaired) electrons. The lowest BCUT2D eigenvalue weighted by atomic mass is 10.1. The predicted molar refractivity (Wildman–Crippen MR) is 102 cm³/mol. The van der Waals surface area contributed by atoms with Crippen LogP contribution in [0.15, 0.2) is 65.6 Å². The summed E-state index contributed by atoms with van der Waals surface area (Å²) in [5.74, 6) is 0. The number of halogens is 1. The van der Waals surface area contributed by atoms with Crippen molar-refractivity contribution in [2.45, 2.75) is 11.8 Å².